The Morgan fingerprint density at radius 1 is 1.60 bits per heavy atom. The molecule has 1 aliphatic heterocycles. The van der Waals surface area contributed by atoms with Crippen LogP contribution in [0.25, 0.3) is 0 Å². The molecular formula is C10H12N2O3. The number of fused-ring (bicyclic) bond motifs is 1. The van der Waals surface area contributed by atoms with Crippen LogP contribution in [0.5, 0.6) is 5.75 Å². The van der Waals surface area contributed by atoms with Crippen LogP contribution in [0, 0.1) is 0 Å². The molecule has 0 saturated carbocycles. The topological polar surface area (TPSA) is 64.8 Å². The van der Waals surface area contributed by atoms with Gasteiger partial charge in [0.2, 0.25) is 0 Å². The number of nitrogens with zero attached hydrogens (tertiary/aromatic N) is 1. The van der Waals surface area contributed by atoms with Crippen LogP contribution in [0.2, 0.25) is 0 Å². The Labute approximate surface area is 87.4 Å². The summed E-state index contributed by atoms with van der Waals surface area (Å²) in [6.07, 6.45) is 0. The zero-order valence-electron chi connectivity index (χ0n) is 8.40. The molecule has 0 aliphatic carbocycles. The maximum absolute atomic E-state index is 11.5. The van der Waals surface area contributed by atoms with Crippen LogP contribution in [0.15, 0.2) is 18.2 Å². The quantitative estimate of drug-likeness (QED) is 0.723. The van der Waals surface area contributed by atoms with Crippen LogP contribution < -0.4 is 15.4 Å². The average molecular weight is 208 g/mol. The molecule has 0 bridgehead atoms. The number of ether oxygens (including phenoxy) is 2. The zero-order valence-corrected chi connectivity index (χ0v) is 8.40. The van der Waals surface area contributed by atoms with E-state index in [1.54, 1.807) is 25.3 Å². The lowest BCUT2D eigenvalue weighted by atomic mass is 10.2. The van der Waals surface area contributed by atoms with Gasteiger partial charge in [0.25, 0.3) is 5.91 Å². The molecule has 2 rings (SSSR count). The number of benzene rings is 1. The lowest BCUT2D eigenvalue weighted by molar-refractivity contribution is -0.122. The molecule has 0 aromatic heterocycles. The second-order valence-corrected chi connectivity index (χ2v) is 3.26. The molecule has 0 unspecified atom stereocenters. The predicted molar refractivity (Wildman–Crippen MR) is 55.7 cm³/mol. The van der Waals surface area contributed by atoms with Crippen LogP contribution in [0.3, 0.4) is 0 Å². The van der Waals surface area contributed by atoms with Gasteiger partial charge in [0.15, 0.2) is 6.61 Å². The van der Waals surface area contributed by atoms with E-state index < -0.39 is 0 Å². The number of carbonyl (C=O) groups is 1. The number of hydrogen-bond donors (Lipinski definition) is 1. The normalized spacial score (nSPS) is 14.7. The number of hydrogen-bond acceptors (Lipinski definition) is 4. The maximum Gasteiger partial charge on any atom is 0.266 e. The second-order valence-electron chi connectivity index (χ2n) is 3.26. The summed E-state index contributed by atoms with van der Waals surface area (Å²) in [6, 6.07) is 5.18. The Hall–Kier alpha value is -1.75. The third-order valence-electron chi connectivity index (χ3n) is 2.19. The number of rotatable bonds is 2. The molecule has 1 amide bonds. The van der Waals surface area contributed by atoms with Crippen LogP contribution in [-0.2, 0) is 9.53 Å². The molecular weight excluding hydrogens is 196 g/mol. The number of carbonyl (C=O) groups excluding carboxylic acids is 1. The van der Waals surface area contributed by atoms with E-state index in [-0.39, 0.29) is 19.2 Å². The van der Waals surface area contributed by atoms with E-state index in [1.165, 1.54) is 4.90 Å². The minimum absolute atomic E-state index is 0.0276. The van der Waals surface area contributed by atoms with Crippen molar-refractivity contribution in [2.75, 3.05) is 31.1 Å². The van der Waals surface area contributed by atoms with Gasteiger partial charge >= 0.3 is 0 Å². The van der Waals surface area contributed by atoms with Crippen molar-refractivity contribution >= 4 is 17.3 Å². The van der Waals surface area contributed by atoms with Gasteiger partial charge in [0.05, 0.1) is 5.69 Å². The molecule has 2 N–H and O–H groups in total. The summed E-state index contributed by atoms with van der Waals surface area (Å²) in [4.78, 5) is 13.0. The minimum atomic E-state index is -0.117. The first kappa shape index (κ1) is 9.79. The highest BCUT2D eigenvalue weighted by Gasteiger charge is 2.25. The van der Waals surface area contributed by atoms with Gasteiger partial charge in [-0.3, -0.25) is 9.69 Å². The summed E-state index contributed by atoms with van der Waals surface area (Å²) in [5.74, 6) is 0.501. The number of amides is 1. The monoisotopic (exact) mass is 208 g/mol. The van der Waals surface area contributed by atoms with E-state index in [0.717, 1.165) is 0 Å². The molecule has 0 fully saturated rings. The third kappa shape index (κ3) is 1.73. The van der Waals surface area contributed by atoms with Crippen molar-refractivity contribution in [1.29, 1.82) is 0 Å². The number of nitrogen functional groups attached to an aromatic ring is 1. The van der Waals surface area contributed by atoms with Gasteiger partial charge in [0, 0.05) is 18.9 Å². The van der Waals surface area contributed by atoms with Crippen molar-refractivity contribution in [2.24, 2.45) is 0 Å². The molecule has 1 heterocycles. The van der Waals surface area contributed by atoms with Gasteiger partial charge in [-0.2, -0.15) is 0 Å². The fourth-order valence-electron chi connectivity index (χ4n) is 1.49. The van der Waals surface area contributed by atoms with Gasteiger partial charge in [0.1, 0.15) is 12.5 Å². The van der Waals surface area contributed by atoms with Crippen LogP contribution in [-0.4, -0.2) is 26.4 Å². The number of methoxy groups -OCH3 is 1. The van der Waals surface area contributed by atoms with E-state index >= 15 is 0 Å². The van der Waals surface area contributed by atoms with Crippen molar-refractivity contribution in [3.8, 4) is 5.75 Å². The molecule has 80 valence electrons. The molecule has 15 heavy (non-hydrogen) atoms. The van der Waals surface area contributed by atoms with Gasteiger partial charge in [-0.1, -0.05) is 0 Å². The molecule has 0 spiro atoms. The summed E-state index contributed by atoms with van der Waals surface area (Å²) in [6.45, 7) is 0.249. The fraction of sp³-hybridized carbons (Fsp3) is 0.300. The van der Waals surface area contributed by atoms with Gasteiger partial charge in [-0.05, 0) is 12.1 Å². The average Bonchev–Trinajstić information content (AvgIpc) is 2.22. The first-order valence-corrected chi connectivity index (χ1v) is 4.54. The highest BCUT2D eigenvalue weighted by atomic mass is 16.5. The van der Waals surface area contributed by atoms with Crippen LogP contribution >= 0.6 is 0 Å². The first-order valence-electron chi connectivity index (χ1n) is 4.54. The van der Waals surface area contributed by atoms with E-state index in [1.807, 2.05) is 0 Å². The van der Waals surface area contributed by atoms with E-state index in [2.05, 4.69) is 0 Å². The highest BCUT2D eigenvalue weighted by Crippen LogP contribution is 2.33. The molecule has 5 nitrogen and oxygen atoms in total. The SMILES string of the molecule is COCN1C(=O)COc2cc(N)ccc21. The lowest BCUT2D eigenvalue weighted by Gasteiger charge is -2.28. The highest BCUT2D eigenvalue weighted by molar-refractivity contribution is 5.97. The third-order valence-corrected chi connectivity index (χ3v) is 2.19. The first-order chi connectivity index (χ1) is 7.22. The molecule has 1 aliphatic rings. The summed E-state index contributed by atoms with van der Waals surface area (Å²) in [7, 11) is 1.54. The smallest absolute Gasteiger partial charge is 0.266 e. The van der Waals surface area contributed by atoms with Gasteiger partial charge in [-0.15, -0.1) is 0 Å². The van der Waals surface area contributed by atoms with Crippen LogP contribution in [0.4, 0.5) is 11.4 Å². The summed E-state index contributed by atoms with van der Waals surface area (Å²) < 4.78 is 10.2. The molecule has 1 aromatic carbocycles. The molecule has 1 aromatic rings. The molecule has 0 saturated heterocycles. The second kappa shape index (κ2) is 3.78. The summed E-state index contributed by atoms with van der Waals surface area (Å²) in [5, 5.41) is 0. The molecule has 5 heteroatoms. The van der Waals surface area contributed by atoms with Crippen molar-refractivity contribution in [2.45, 2.75) is 0 Å². The zero-order chi connectivity index (χ0) is 10.8. The Balaban J connectivity index is 2.39. The standard InChI is InChI=1S/C10H12N2O3/c1-14-6-12-8-3-2-7(11)4-9(8)15-5-10(12)13/h2-4H,5-6,11H2,1H3. The Kier molecular flexibility index (Phi) is 2.47. The predicted octanol–water partition coefficient (Wildman–Crippen LogP) is 0.598. The fourth-order valence-corrected chi connectivity index (χ4v) is 1.49. The van der Waals surface area contributed by atoms with Crippen molar-refractivity contribution in [3.05, 3.63) is 18.2 Å². The van der Waals surface area contributed by atoms with Gasteiger partial charge < -0.3 is 15.2 Å². The molecule has 0 radical (unpaired) electrons. The van der Waals surface area contributed by atoms with Crippen LogP contribution in [0.1, 0.15) is 0 Å². The van der Waals surface area contributed by atoms with E-state index in [0.29, 0.717) is 17.1 Å². The van der Waals surface area contributed by atoms with Crippen molar-refractivity contribution in [3.63, 3.8) is 0 Å². The number of anilines is 2. The summed E-state index contributed by atoms with van der Waals surface area (Å²) in [5.41, 5.74) is 6.93. The molecule has 0 atom stereocenters. The van der Waals surface area contributed by atoms with Gasteiger partial charge in [-0.25, -0.2) is 0 Å². The van der Waals surface area contributed by atoms with Crippen molar-refractivity contribution < 1.29 is 14.3 Å². The Bertz CT molecular complexity index is 392. The van der Waals surface area contributed by atoms with Crippen molar-refractivity contribution in [1.82, 2.24) is 0 Å². The van der Waals surface area contributed by atoms with E-state index in [4.69, 9.17) is 15.2 Å². The largest absolute Gasteiger partial charge is 0.481 e. The number of nitrogens with two attached hydrogens (primary N) is 1. The Morgan fingerprint density at radius 3 is 3.13 bits per heavy atom. The lowest BCUT2D eigenvalue weighted by Crippen LogP contribution is -2.39. The van der Waals surface area contributed by atoms with E-state index in [9.17, 15) is 4.79 Å². The summed E-state index contributed by atoms with van der Waals surface area (Å²) >= 11 is 0. The minimum Gasteiger partial charge on any atom is -0.481 e. The Morgan fingerprint density at radius 2 is 2.40 bits per heavy atom. The maximum atomic E-state index is 11.5.